The first-order valence-corrected chi connectivity index (χ1v) is 8.06. The summed E-state index contributed by atoms with van der Waals surface area (Å²) in [5.41, 5.74) is 0.826. The fraction of sp³-hybridized carbons (Fsp3) is 1.00. The topological polar surface area (TPSA) is 21.3 Å². The Morgan fingerprint density at radius 2 is 1.45 bits per heavy atom. The van der Waals surface area contributed by atoms with E-state index in [1.54, 1.807) is 0 Å². The molecule has 120 valence electrons. The minimum absolute atomic E-state index is 0.0955. The van der Waals surface area contributed by atoms with Gasteiger partial charge in [-0.05, 0) is 49.4 Å². The SMILES string of the molecule is COC(C)C1CC(C)(C)C(C)(C)CNC(C)(C)C1(C)C. The molecular weight excluding hydrogens is 246 g/mol. The lowest BCUT2D eigenvalue weighted by molar-refractivity contribution is -0.0850. The molecule has 0 aliphatic carbocycles. The molecule has 1 N–H and O–H groups in total. The van der Waals surface area contributed by atoms with Gasteiger partial charge < -0.3 is 10.1 Å². The van der Waals surface area contributed by atoms with E-state index in [2.05, 4.69) is 67.6 Å². The van der Waals surface area contributed by atoms with Crippen LogP contribution in [-0.2, 0) is 4.74 Å². The Bertz CT molecular complexity index is 339. The quantitative estimate of drug-likeness (QED) is 0.806. The van der Waals surface area contributed by atoms with Crippen molar-refractivity contribution in [2.45, 2.75) is 80.4 Å². The number of ether oxygens (including phenoxy) is 1. The second-order valence-electron chi connectivity index (χ2n) is 9.22. The molecule has 20 heavy (non-hydrogen) atoms. The van der Waals surface area contributed by atoms with Crippen LogP contribution in [0, 0.1) is 22.2 Å². The van der Waals surface area contributed by atoms with Crippen molar-refractivity contribution in [1.82, 2.24) is 5.32 Å². The molecular formula is C18H37NO. The Labute approximate surface area is 127 Å². The minimum atomic E-state index is 0.0955. The first-order valence-electron chi connectivity index (χ1n) is 8.06. The average molecular weight is 284 g/mol. The maximum absolute atomic E-state index is 5.75. The smallest absolute Gasteiger partial charge is 0.0577 e. The van der Waals surface area contributed by atoms with Crippen LogP contribution < -0.4 is 5.32 Å². The molecule has 0 radical (unpaired) electrons. The third-order valence-corrected chi connectivity index (χ3v) is 7.01. The summed E-state index contributed by atoms with van der Waals surface area (Å²) >= 11 is 0. The number of hydrogen-bond donors (Lipinski definition) is 1. The summed E-state index contributed by atoms with van der Waals surface area (Å²) in [6.45, 7) is 22.4. The van der Waals surface area contributed by atoms with Crippen LogP contribution in [0.15, 0.2) is 0 Å². The van der Waals surface area contributed by atoms with Crippen molar-refractivity contribution in [3.05, 3.63) is 0 Å². The van der Waals surface area contributed by atoms with Gasteiger partial charge in [-0.1, -0.05) is 41.5 Å². The van der Waals surface area contributed by atoms with Gasteiger partial charge in [-0.25, -0.2) is 0 Å². The van der Waals surface area contributed by atoms with Gasteiger partial charge >= 0.3 is 0 Å². The molecule has 0 amide bonds. The zero-order valence-electron chi connectivity index (χ0n) is 15.5. The predicted molar refractivity (Wildman–Crippen MR) is 88.0 cm³/mol. The van der Waals surface area contributed by atoms with Crippen LogP contribution in [0.5, 0.6) is 0 Å². The maximum Gasteiger partial charge on any atom is 0.0577 e. The van der Waals surface area contributed by atoms with Gasteiger partial charge in [0.2, 0.25) is 0 Å². The lowest BCUT2D eigenvalue weighted by atomic mass is 9.54. The first kappa shape index (κ1) is 18.0. The molecule has 0 spiro atoms. The fourth-order valence-electron chi connectivity index (χ4n) is 3.37. The highest BCUT2D eigenvalue weighted by Crippen LogP contribution is 2.52. The minimum Gasteiger partial charge on any atom is -0.381 e. The van der Waals surface area contributed by atoms with Crippen molar-refractivity contribution < 1.29 is 4.74 Å². The molecule has 1 aliphatic rings. The van der Waals surface area contributed by atoms with E-state index in [-0.39, 0.29) is 27.9 Å². The van der Waals surface area contributed by atoms with Crippen molar-refractivity contribution >= 4 is 0 Å². The Morgan fingerprint density at radius 3 is 1.90 bits per heavy atom. The van der Waals surface area contributed by atoms with Crippen molar-refractivity contribution in [2.75, 3.05) is 13.7 Å². The van der Waals surface area contributed by atoms with Gasteiger partial charge in [0.05, 0.1) is 6.10 Å². The van der Waals surface area contributed by atoms with Gasteiger partial charge in [0.1, 0.15) is 0 Å². The summed E-state index contributed by atoms with van der Waals surface area (Å²) in [4.78, 5) is 0. The lowest BCUT2D eigenvalue weighted by Crippen LogP contribution is -2.62. The number of nitrogens with one attached hydrogen (secondary N) is 1. The summed E-state index contributed by atoms with van der Waals surface area (Å²) in [7, 11) is 1.85. The third kappa shape index (κ3) is 2.92. The second-order valence-corrected chi connectivity index (χ2v) is 9.22. The molecule has 2 nitrogen and oxygen atoms in total. The summed E-state index contributed by atoms with van der Waals surface area (Å²) in [6.07, 6.45) is 1.48. The maximum atomic E-state index is 5.75. The Hall–Kier alpha value is -0.0800. The van der Waals surface area contributed by atoms with E-state index in [4.69, 9.17) is 4.74 Å². The Morgan fingerprint density at radius 1 is 0.950 bits per heavy atom. The van der Waals surface area contributed by atoms with Gasteiger partial charge in [0.15, 0.2) is 0 Å². The highest BCUT2D eigenvalue weighted by atomic mass is 16.5. The van der Waals surface area contributed by atoms with E-state index in [0.717, 1.165) is 6.54 Å². The highest BCUT2D eigenvalue weighted by Gasteiger charge is 2.52. The molecule has 0 aromatic carbocycles. The summed E-state index contributed by atoms with van der Waals surface area (Å²) in [5.74, 6) is 0.532. The van der Waals surface area contributed by atoms with Crippen molar-refractivity contribution in [3.8, 4) is 0 Å². The molecule has 1 rings (SSSR count). The number of methoxy groups -OCH3 is 1. The summed E-state index contributed by atoms with van der Waals surface area (Å²) in [6, 6.07) is 0. The van der Waals surface area contributed by atoms with Crippen molar-refractivity contribution in [3.63, 3.8) is 0 Å². The molecule has 1 aliphatic heterocycles. The van der Waals surface area contributed by atoms with Crippen LogP contribution in [-0.4, -0.2) is 25.3 Å². The Kier molecular flexibility index (Phi) is 4.74. The van der Waals surface area contributed by atoms with Gasteiger partial charge in [0.25, 0.3) is 0 Å². The normalized spacial score (nSPS) is 33.0. The van der Waals surface area contributed by atoms with E-state index < -0.39 is 0 Å². The number of rotatable bonds is 2. The molecule has 0 aromatic rings. The standard InChI is InChI=1S/C18H37NO/c1-13(20-10)14-11-15(2,3)16(4,5)12-19-18(8,9)17(14,6)7/h13-14,19H,11-12H2,1-10H3. The van der Waals surface area contributed by atoms with Crippen LogP contribution in [0.3, 0.4) is 0 Å². The molecule has 1 fully saturated rings. The monoisotopic (exact) mass is 283 g/mol. The number of hydrogen-bond acceptors (Lipinski definition) is 2. The fourth-order valence-corrected chi connectivity index (χ4v) is 3.37. The van der Waals surface area contributed by atoms with E-state index in [1.807, 2.05) is 7.11 Å². The predicted octanol–water partition coefficient (Wildman–Crippen LogP) is 4.49. The zero-order valence-corrected chi connectivity index (χ0v) is 15.5. The molecule has 0 saturated carbocycles. The van der Waals surface area contributed by atoms with Crippen LogP contribution in [0.2, 0.25) is 0 Å². The van der Waals surface area contributed by atoms with E-state index in [1.165, 1.54) is 6.42 Å². The molecule has 0 aromatic heterocycles. The zero-order chi connectivity index (χ0) is 16.0. The van der Waals surface area contributed by atoms with Gasteiger partial charge in [0, 0.05) is 19.2 Å². The molecule has 2 heteroatoms. The Balaban J connectivity index is 3.28. The van der Waals surface area contributed by atoms with Crippen LogP contribution in [0.25, 0.3) is 0 Å². The van der Waals surface area contributed by atoms with E-state index in [0.29, 0.717) is 5.92 Å². The third-order valence-electron chi connectivity index (χ3n) is 7.01. The van der Waals surface area contributed by atoms with Gasteiger partial charge in [-0.15, -0.1) is 0 Å². The van der Waals surface area contributed by atoms with Crippen molar-refractivity contribution in [2.24, 2.45) is 22.2 Å². The second kappa shape index (κ2) is 5.28. The molecule has 2 atom stereocenters. The van der Waals surface area contributed by atoms with Crippen molar-refractivity contribution in [1.29, 1.82) is 0 Å². The van der Waals surface area contributed by atoms with Crippen LogP contribution in [0.4, 0.5) is 0 Å². The van der Waals surface area contributed by atoms with Crippen LogP contribution >= 0.6 is 0 Å². The summed E-state index contributed by atoms with van der Waals surface area (Å²) < 4.78 is 5.75. The first-order chi connectivity index (χ1) is 8.78. The molecule has 2 unspecified atom stereocenters. The molecule has 1 heterocycles. The largest absolute Gasteiger partial charge is 0.381 e. The van der Waals surface area contributed by atoms with Crippen LogP contribution in [0.1, 0.15) is 68.7 Å². The molecule has 1 saturated heterocycles. The lowest BCUT2D eigenvalue weighted by Gasteiger charge is -2.57. The highest BCUT2D eigenvalue weighted by molar-refractivity contribution is 5.05. The van der Waals surface area contributed by atoms with E-state index in [9.17, 15) is 0 Å². The molecule has 0 bridgehead atoms. The average Bonchev–Trinajstić information content (AvgIpc) is 2.31. The van der Waals surface area contributed by atoms with Gasteiger partial charge in [-0.3, -0.25) is 0 Å². The summed E-state index contributed by atoms with van der Waals surface area (Å²) in [5, 5.41) is 3.85. The van der Waals surface area contributed by atoms with Gasteiger partial charge in [-0.2, -0.15) is 0 Å². The van der Waals surface area contributed by atoms with E-state index >= 15 is 0 Å².